The van der Waals surface area contributed by atoms with Gasteiger partial charge in [0.2, 0.25) is 0 Å². The zero-order valence-corrected chi connectivity index (χ0v) is 15.9. The van der Waals surface area contributed by atoms with Crippen LogP contribution in [0.25, 0.3) is 0 Å². The Morgan fingerprint density at radius 2 is 1.87 bits per heavy atom. The number of anilines is 1. The summed E-state index contributed by atoms with van der Waals surface area (Å²) < 4.78 is 0.639. The molecule has 0 bridgehead atoms. The Kier molecular flexibility index (Phi) is 4.67. The van der Waals surface area contributed by atoms with E-state index >= 15 is 0 Å². The zero-order valence-electron chi connectivity index (χ0n) is 13.3. The second-order valence-electron chi connectivity index (χ2n) is 5.27. The first-order chi connectivity index (χ1) is 11.0. The monoisotopic (exact) mass is 394 g/mol. The van der Waals surface area contributed by atoms with Crippen molar-refractivity contribution in [2.45, 2.75) is 25.7 Å². The molecule has 2 amide bonds. The molecular formula is C17H18N2O2SSe. The number of imide groups is 1. The van der Waals surface area contributed by atoms with Crippen LogP contribution >= 0.6 is 11.8 Å². The molecule has 6 heteroatoms. The van der Waals surface area contributed by atoms with Gasteiger partial charge in [0.1, 0.15) is 0 Å². The second-order valence-corrected chi connectivity index (χ2v) is 8.42. The molecule has 0 N–H and O–H groups in total. The van der Waals surface area contributed by atoms with E-state index in [0.717, 1.165) is 11.6 Å². The number of benzene rings is 1. The molecule has 0 spiro atoms. The number of likely N-dealkylation sites (N-methyl/N-ethyl adjacent to an activating group) is 1. The van der Waals surface area contributed by atoms with Crippen LogP contribution in [0.15, 0.2) is 44.7 Å². The minimum absolute atomic E-state index is 0.0417. The van der Waals surface area contributed by atoms with Crippen molar-refractivity contribution < 1.29 is 9.59 Å². The van der Waals surface area contributed by atoms with Crippen LogP contribution in [0.3, 0.4) is 0 Å². The number of hydrogen-bond donors (Lipinski definition) is 0. The fourth-order valence-corrected chi connectivity index (χ4v) is 5.47. The van der Waals surface area contributed by atoms with E-state index in [1.54, 1.807) is 11.8 Å². The van der Waals surface area contributed by atoms with E-state index in [-0.39, 0.29) is 10.7 Å². The van der Waals surface area contributed by atoms with Gasteiger partial charge < -0.3 is 0 Å². The van der Waals surface area contributed by atoms with Crippen LogP contribution in [-0.4, -0.2) is 43.7 Å². The molecule has 0 unspecified atom stereocenters. The van der Waals surface area contributed by atoms with Gasteiger partial charge in [-0.2, -0.15) is 0 Å². The van der Waals surface area contributed by atoms with Gasteiger partial charge in [0.05, 0.1) is 0 Å². The zero-order chi connectivity index (χ0) is 16.6. The summed E-state index contributed by atoms with van der Waals surface area (Å²) in [6, 6.07) is 6.44. The first-order valence-corrected chi connectivity index (χ1v) is 10.1. The van der Waals surface area contributed by atoms with E-state index < -0.39 is 15.0 Å². The van der Waals surface area contributed by atoms with Crippen molar-refractivity contribution in [3.63, 3.8) is 0 Å². The second kappa shape index (κ2) is 6.55. The summed E-state index contributed by atoms with van der Waals surface area (Å²) in [5.41, 5.74) is 2.46. The topological polar surface area (TPSA) is 40.6 Å². The van der Waals surface area contributed by atoms with Crippen LogP contribution in [0.2, 0.25) is 0 Å². The van der Waals surface area contributed by atoms with Crippen molar-refractivity contribution in [2.24, 2.45) is 0 Å². The maximum atomic E-state index is 12.2. The molecule has 23 heavy (non-hydrogen) atoms. The number of aryl methyl sites for hydroxylation is 1. The summed E-state index contributed by atoms with van der Waals surface area (Å²) in [4.78, 5) is 28.8. The van der Waals surface area contributed by atoms with Crippen LogP contribution in [0.4, 0.5) is 10.5 Å². The van der Waals surface area contributed by atoms with Crippen molar-refractivity contribution in [1.29, 1.82) is 0 Å². The van der Waals surface area contributed by atoms with E-state index in [1.165, 1.54) is 21.0 Å². The van der Waals surface area contributed by atoms with Gasteiger partial charge in [0, 0.05) is 0 Å². The Labute approximate surface area is 146 Å². The molecule has 1 fully saturated rings. The molecule has 4 nitrogen and oxygen atoms in total. The van der Waals surface area contributed by atoms with E-state index in [4.69, 9.17) is 0 Å². The van der Waals surface area contributed by atoms with E-state index in [0.29, 0.717) is 11.0 Å². The van der Waals surface area contributed by atoms with Crippen molar-refractivity contribution in [3.8, 4) is 0 Å². The normalized spacial score (nSPS) is 21.0. The summed E-state index contributed by atoms with van der Waals surface area (Å²) in [6.07, 6.45) is 3.81. The number of fused-ring (bicyclic) bond motifs is 1. The quantitative estimate of drug-likeness (QED) is 0.584. The van der Waals surface area contributed by atoms with Gasteiger partial charge in [-0.1, -0.05) is 0 Å². The van der Waals surface area contributed by atoms with Crippen molar-refractivity contribution in [3.05, 3.63) is 45.4 Å². The Bertz CT molecular complexity index is 742. The summed E-state index contributed by atoms with van der Waals surface area (Å²) >= 11 is 1.31. The summed E-state index contributed by atoms with van der Waals surface area (Å²) in [7, 11) is 0. The van der Waals surface area contributed by atoms with Gasteiger partial charge in [-0.25, -0.2) is 0 Å². The number of rotatable bonds is 3. The summed E-state index contributed by atoms with van der Waals surface area (Å²) in [5, 5.41) is 1.10. The number of hydrogen-bond acceptors (Lipinski definition) is 4. The molecule has 0 aliphatic carbocycles. The molecule has 2 aliphatic rings. The molecule has 0 saturated carbocycles. The third-order valence-electron chi connectivity index (χ3n) is 3.77. The first kappa shape index (κ1) is 16.4. The molecule has 1 saturated heterocycles. The Morgan fingerprint density at radius 3 is 2.52 bits per heavy atom. The van der Waals surface area contributed by atoms with Crippen LogP contribution < -0.4 is 4.90 Å². The molecular weight excluding hydrogens is 375 g/mol. The number of thioether (sulfide) groups is 1. The average Bonchev–Trinajstić information content (AvgIpc) is 3.01. The minimum atomic E-state index is -0.395. The molecule has 0 radical (unpaired) electrons. The number of carbonyl (C=O) groups is 2. The number of nitrogens with zero attached hydrogens (tertiary/aromatic N) is 2. The maximum absolute atomic E-state index is 12.2. The Balaban J connectivity index is 1.88. The van der Waals surface area contributed by atoms with Gasteiger partial charge in [-0.15, -0.1) is 0 Å². The van der Waals surface area contributed by atoms with Crippen molar-refractivity contribution in [1.82, 2.24) is 4.90 Å². The average molecular weight is 393 g/mol. The molecule has 120 valence electrons. The predicted octanol–water partition coefficient (Wildman–Crippen LogP) is 3.34. The standard InChI is InChI=1S/C17H18N2O2SSe/c1-4-18-12-10-11(3)6-7-13(12)22-15(18)9-8-14-16(20)19(5-2)17(21)23-14/h6-10H,4-5H2,1-3H3/b14-8-,15-9+. The van der Waals surface area contributed by atoms with Crippen LogP contribution in [-0.2, 0) is 4.79 Å². The third-order valence-corrected chi connectivity index (χ3v) is 6.84. The molecule has 0 aromatic heterocycles. The van der Waals surface area contributed by atoms with Gasteiger partial charge in [-0.05, 0) is 0 Å². The fourth-order valence-electron chi connectivity index (χ4n) is 2.60. The Hall–Kier alpha value is -1.49. The molecule has 1 aromatic carbocycles. The van der Waals surface area contributed by atoms with Crippen molar-refractivity contribution in [2.75, 3.05) is 18.0 Å². The summed E-state index contributed by atoms with van der Waals surface area (Å²) in [6.45, 7) is 7.36. The van der Waals surface area contributed by atoms with Crippen LogP contribution in [0.5, 0.6) is 0 Å². The number of carbonyl (C=O) groups excluding carboxylic acids is 2. The summed E-state index contributed by atoms with van der Waals surface area (Å²) in [5.74, 6) is -0.131. The fraction of sp³-hybridized carbons (Fsp3) is 0.294. The third kappa shape index (κ3) is 2.99. The number of allylic oxidation sites excluding steroid dienone is 2. The van der Waals surface area contributed by atoms with E-state index in [1.807, 2.05) is 19.1 Å². The predicted molar refractivity (Wildman–Crippen MR) is 94.8 cm³/mol. The van der Waals surface area contributed by atoms with E-state index in [9.17, 15) is 9.59 Å². The van der Waals surface area contributed by atoms with Crippen LogP contribution in [0.1, 0.15) is 19.4 Å². The van der Waals surface area contributed by atoms with Crippen LogP contribution in [0, 0.1) is 6.92 Å². The van der Waals surface area contributed by atoms with E-state index in [2.05, 4.69) is 36.9 Å². The van der Waals surface area contributed by atoms with Gasteiger partial charge in [0.25, 0.3) is 0 Å². The van der Waals surface area contributed by atoms with Gasteiger partial charge in [0.15, 0.2) is 0 Å². The number of amides is 2. The molecule has 2 aliphatic heterocycles. The molecule has 1 aromatic rings. The Morgan fingerprint density at radius 1 is 1.13 bits per heavy atom. The first-order valence-electron chi connectivity index (χ1n) is 7.56. The molecule has 2 heterocycles. The molecule has 0 atom stereocenters. The van der Waals surface area contributed by atoms with Gasteiger partial charge in [-0.3, -0.25) is 0 Å². The van der Waals surface area contributed by atoms with Gasteiger partial charge >= 0.3 is 147 Å². The molecule has 3 rings (SSSR count). The van der Waals surface area contributed by atoms with Crippen molar-refractivity contribution >= 4 is 43.1 Å². The SMILES string of the molecule is CCN1C(=O)[Se]/C(=C\C=C2\Sc3ccc(C)cc3N2CC)C1=O.